The quantitative estimate of drug-likeness (QED) is 0.768. The number of hydrogen-bond acceptors (Lipinski definition) is 3. The molecule has 0 amide bonds. The van der Waals surface area contributed by atoms with E-state index in [1.807, 2.05) is 49.5 Å². The number of benzene rings is 1. The molecule has 2 N–H and O–H groups in total. The first kappa shape index (κ1) is 13.8. The number of nitrogens with zero attached hydrogens (tertiary/aromatic N) is 2. The zero-order valence-electron chi connectivity index (χ0n) is 12.0. The molecule has 0 spiro atoms. The number of nitrogens with one attached hydrogen (secondary N) is 2. The standard InChI is InChI=1S/C16H17ClN4/c1-21(2)15-13(17)6-3-7-14(15)19-9-11-10-20-16-12(11)5-4-8-18-16/h3-8,10,19H,9H2,1-2H3,(H,18,20). The summed E-state index contributed by atoms with van der Waals surface area (Å²) in [4.78, 5) is 9.51. The first-order valence-corrected chi connectivity index (χ1v) is 7.15. The lowest BCUT2D eigenvalue weighted by Crippen LogP contribution is -2.12. The topological polar surface area (TPSA) is 44.0 Å². The minimum atomic E-state index is 0.715. The fourth-order valence-electron chi connectivity index (χ4n) is 2.46. The minimum absolute atomic E-state index is 0.715. The predicted octanol–water partition coefficient (Wildman–Crippen LogP) is 3.89. The normalized spacial score (nSPS) is 10.8. The molecule has 0 bridgehead atoms. The number of hydrogen-bond donors (Lipinski definition) is 2. The van der Waals surface area contributed by atoms with E-state index < -0.39 is 0 Å². The molecule has 108 valence electrons. The van der Waals surface area contributed by atoms with Gasteiger partial charge >= 0.3 is 0 Å². The van der Waals surface area contributed by atoms with Gasteiger partial charge in [-0.15, -0.1) is 0 Å². The fraction of sp³-hybridized carbons (Fsp3) is 0.188. The highest BCUT2D eigenvalue weighted by molar-refractivity contribution is 6.34. The van der Waals surface area contributed by atoms with Crippen LogP contribution in [-0.4, -0.2) is 24.1 Å². The van der Waals surface area contributed by atoms with E-state index in [-0.39, 0.29) is 0 Å². The van der Waals surface area contributed by atoms with Crippen LogP contribution in [0, 0.1) is 0 Å². The molecule has 21 heavy (non-hydrogen) atoms. The fourth-order valence-corrected chi connectivity index (χ4v) is 2.81. The van der Waals surface area contributed by atoms with Crippen LogP contribution in [0.1, 0.15) is 5.56 Å². The van der Waals surface area contributed by atoms with Gasteiger partial charge in [0.05, 0.1) is 16.4 Å². The van der Waals surface area contributed by atoms with Gasteiger partial charge in [-0.05, 0) is 29.8 Å². The molecule has 0 aliphatic rings. The maximum atomic E-state index is 6.28. The SMILES string of the molecule is CN(C)c1c(Cl)cccc1NCc1c[nH]c2ncccc12. The summed E-state index contributed by atoms with van der Waals surface area (Å²) in [5.41, 5.74) is 4.11. The first-order valence-electron chi connectivity index (χ1n) is 6.77. The van der Waals surface area contributed by atoms with Crippen molar-refractivity contribution in [1.82, 2.24) is 9.97 Å². The summed E-state index contributed by atoms with van der Waals surface area (Å²) >= 11 is 6.28. The molecule has 0 aliphatic carbocycles. The molecular weight excluding hydrogens is 284 g/mol. The lowest BCUT2D eigenvalue weighted by Gasteiger charge is -2.19. The van der Waals surface area contributed by atoms with Crippen LogP contribution in [0.15, 0.2) is 42.7 Å². The third-order valence-electron chi connectivity index (χ3n) is 3.44. The molecule has 0 atom stereocenters. The van der Waals surface area contributed by atoms with Crippen LogP contribution < -0.4 is 10.2 Å². The number of pyridine rings is 1. The van der Waals surface area contributed by atoms with Crippen molar-refractivity contribution in [2.75, 3.05) is 24.3 Å². The van der Waals surface area contributed by atoms with E-state index in [9.17, 15) is 0 Å². The molecule has 4 nitrogen and oxygen atoms in total. The number of aromatic amines is 1. The van der Waals surface area contributed by atoms with Crippen LogP contribution in [-0.2, 0) is 6.54 Å². The van der Waals surface area contributed by atoms with Gasteiger partial charge in [0, 0.05) is 38.4 Å². The van der Waals surface area contributed by atoms with Crippen molar-refractivity contribution >= 4 is 34.0 Å². The second-order valence-corrected chi connectivity index (χ2v) is 5.50. The van der Waals surface area contributed by atoms with E-state index in [4.69, 9.17) is 11.6 Å². The number of fused-ring (bicyclic) bond motifs is 1. The molecule has 5 heteroatoms. The first-order chi connectivity index (χ1) is 10.2. The Hall–Kier alpha value is -2.20. The van der Waals surface area contributed by atoms with Gasteiger partial charge < -0.3 is 15.2 Å². The van der Waals surface area contributed by atoms with Crippen molar-refractivity contribution in [3.05, 3.63) is 53.3 Å². The van der Waals surface area contributed by atoms with Gasteiger partial charge in [-0.2, -0.15) is 0 Å². The Morgan fingerprint density at radius 2 is 2.10 bits per heavy atom. The van der Waals surface area contributed by atoms with E-state index in [1.54, 1.807) is 6.20 Å². The van der Waals surface area contributed by atoms with Crippen LogP contribution in [0.5, 0.6) is 0 Å². The van der Waals surface area contributed by atoms with Gasteiger partial charge in [0.1, 0.15) is 5.65 Å². The van der Waals surface area contributed by atoms with Gasteiger partial charge in [0.15, 0.2) is 0 Å². The molecule has 0 unspecified atom stereocenters. The number of anilines is 2. The monoisotopic (exact) mass is 300 g/mol. The lowest BCUT2D eigenvalue weighted by atomic mass is 10.2. The van der Waals surface area contributed by atoms with E-state index in [1.165, 1.54) is 5.56 Å². The Morgan fingerprint density at radius 1 is 1.24 bits per heavy atom. The van der Waals surface area contributed by atoms with Crippen molar-refractivity contribution in [3.63, 3.8) is 0 Å². The number of para-hydroxylation sites is 1. The van der Waals surface area contributed by atoms with Gasteiger partial charge in [-0.25, -0.2) is 4.98 Å². The van der Waals surface area contributed by atoms with Crippen molar-refractivity contribution in [2.24, 2.45) is 0 Å². The van der Waals surface area contributed by atoms with Crippen molar-refractivity contribution in [3.8, 4) is 0 Å². The summed E-state index contributed by atoms with van der Waals surface area (Å²) in [6, 6.07) is 9.91. The molecule has 0 fully saturated rings. The molecular formula is C16H17ClN4. The Bertz CT molecular complexity index is 764. The summed E-state index contributed by atoms with van der Waals surface area (Å²) in [5.74, 6) is 0. The summed E-state index contributed by atoms with van der Waals surface area (Å²) in [7, 11) is 3.98. The zero-order chi connectivity index (χ0) is 14.8. The van der Waals surface area contributed by atoms with E-state index in [0.717, 1.165) is 27.4 Å². The average Bonchev–Trinajstić information content (AvgIpc) is 2.88. The van der Waals surface area contributed by atoms with Crippen molar-refractivity contribution < 1.29 is 0 Å². The third-order valence-corrected chi connectivity index (χ3v) is 3.75. The zero-order valence-corrected chi connectivity index (χ0v) is 12.8. The summed E-state index contributed by atoms with van der Waals surface area (Å²) < 4.78 is 0. The highest BCUT2D eigenvalue weighted by Gasteiger charge is 2.10. The Balaban J connectivity index is 1.87. The maximum absolute atomic E-state index is 6.28. The van der Waals surface area contributed by atoms with Crippen molar-refractivity contribution in [2.45, 2.75) is 6.54 Å². The van der Waals surface area contributed by atoms with E-state index in [2.05, 4.69) is 21.4 Å². The van der Waals surface area contributed by atoms with Gasteiger partial charge in [0.2, 0.25) is 0 Å². The second kappa shape index (κ2) is 5.66. The Labute approximate surface area is 128 Å². The number of halogens is 1. The second-order valence-electron chi connectivity index (χ2n) is 5.10. The molecule has 0 saturated heterocycles. The summed E-state index contributed by atoms with van der Waals surface area (Å²) in [6.07, 6.45) is 3.78. The molecule has 0 aliphatic heterocycles. The largest absolute Gasteiger partial charge is 0.379 e. The summed E-state index contributed by atoms with van der Waals surface area (Å²) in [5, 5.41) is 5.33. The molecule has 0 radical (unpaired) electrons. The van der Waals surface area contributed by atoms with Crippen LogP contribution in [0.4, 0.5) is 11.4 Å². The van der Waals surface area contributed by atoms with Crippen LogP contribution in [0.3, 0.4) is 0 Å². The van der Waals surface area contributed by atoms with Gasteiger partial charge in [-0.3, -0.25) is 0 Å². The van der Waals surface area contributed by atoms with Gasteiger partial charge in [0.25, 0.3) is 0 Å². The molecule has 3 rings (SSSR count). The number of H-pyrrole nitrogens is 1. The van der Waals surface area contributed by atoms with Crippen LogP contribution in [0.25, 0.3) is 11.0 Å². The predicted molar refractivity (Wildman–Crippen MR) is 89.2 cm³/mol. The highest BCUT2D eigenvalue weighted by Crippen LogP contribution is 2.33. The average molecular weight is 301 g/mol. The van der Waals surface area contributed by atoms with E-state index >= 15 is 0 Å². The summed E-state index contributed by atoms with van der Waals surface area (Å²) in [6.45, 7) is 0.715. The minimum Gasteiger partial charge on any atom is -0.379 e. The Kier molecular flexibility index (Phi) is 3.71. The molecule has 1 aromatic carbocycles. The Morgan fingerprint density at radius 3 is 2.90 bits per heavy atom. The molecule has 0 saturated carbocycles. The van der Waals surface area contributed by atoms with Crippen LogP contribution >= 0.6 is 11.6 Å². The molecule has 2 aromatic heterocycles. The van der Waals surface area contributed by atoms with Gasteiger partial charge in [-0.1, -0.05) is 17.7 Å². The van der Waals surface area contributed by atoms with Crippen LogP contribution in [0.2, 0.25) is 5.02 Å². The highest BCUT2D eigenvalue weighted by atomic mass is 35.5. The van der Waals surface area contributed by atoms with Crippen molar-refractivity contribution in [1.29, 1.82) is 0 Å². The lowest BCUT2D eigenvalue weighted by molar-refractivity contribution is 1.10. The smallest absolute Gasteiger partial charge is 0.137 e. The van der Waals surface area contributed by atoms with E-state index in [0.29, 0.717) is 6.54 Å². The molecule has 3 aromatic rings. The number of rotatable bonds is 4. The number of aromatic nitrogens is 2. The maximum Gasteiger partial charge on any atom is 0.137 e. The third kappa shape index (κ3) is 2.67. The molecule has 2 heterocycles.